The van der Waals surface area contributed by atoms with Crippen LogP contribution in [0.2, 0.25) is 5.02 Å². The molecule has 1 aromatic carbocycles. The van der Waals surface area contributed by atoms with Gasteiger partial charge in [-0.15, -0.1) is 0 Å². The molecule has 0 aliphatic carbocycles. The van der Waals surface area contributed by atoms with E-state index in [0.717, 1.165) is 0 Å². The Morgan fingerprint density at radius 3 is 2.79 bits per heavy atom. The van der Waals surface area contributed by atoms with Crippen LogP contribution in [0.25, 0.3) is 0 Å². The maximum atomic E-state index is 12.3. The molecule has 1 N–H and O–H groups in total. The van der Waals surface area contributed by atoms with Crippen molar-refractivity contribution in [2.75, 3.05) is 13.1 Å². The molecule has 0 radical (unpaired) electrons. The lowest BCUT2D eigenvalue weighted by molar-refractivity contribution is -0.385. The van der Waals surface area contributed by atoms with Crippen LogP contribution in [0.4, 0.5) is 5.69 Å². The van der Waals surface area contributed by atoms with E-state index in [-0.39, 0.29) is 22.8 Å². The van der Waals surface area contributed by atoms with Gasteiger partial charge in [0.1, 0.15) is 10.6 Å². The minimum absolute atomic E-state index is 0.0461. The third kappa shape index (κ3) is 2.69. The summed E-state index contributed by atoms with van der Waals surface area (Å²) in [6, 6.07) is 4.24. The van der Waals surface area contributed by atoms with Crippen LogP contribution >= 0.6 is 11.6 Å². The zero-order chi connectivity index (χ0) is 14.2. The summed E-state index contributed by atoms with van der Waals surface area (Å²) in [7, 11) is 0. The molecule has 1 atom stereocenters. The predicted octanol–water partition coefficient (Wildman–Crippen LogP) is 1.85. The normalized spacial score (nSPS) is 22.6. The molecule has 0 bridgehead atoms. The Morgan fingerprint density at radius 2 is 2.26 bits per heavy atom. The van der Waals surface area contributed by atoms with Gasteiger partial charge in [-0.05, 0) is 25.5 Å². The number of aliphatic hydroxyl groups is 1. The highest BCUT2D eigenvalue weighted by molar-refractivity contribution is 6.33. The molecule has 0 aromatic heterocycles. The number of carbonyl (C=O) groups is 1. The number of β-amino-alcohol motifs (C(OH)–C–C–N with tert-alkyl or cyclic N) is 1. The minimum Gasteiger partial charge on any atom is -0.388 e. The predicted molar refractivity (Wildman–Crippen MR) is 69.3 cm³/mol. The topological polar surface area (TPSA) is 83.7 Å². The summed E-state index contributed by atoms with van der Waals surface area (Å²) in [4.78, 5) is 24.0. The molecule has 1 heterocycles. The van der Waals surface area contributed by atoms with E-state index >= 15 is 0 Å². The minimum atomic E-state index is -0.941. The molecule has 102 valence electrons. The van der Waals surface area contributed by atoms with Gasteiger partial charge in [0.2, 0.25) is 0 Å². The molecule has 0 saturated carbocycles. The van der Waals surface area contributed by atoms with Gasteiger partial charge in [-0.25, -0.2) is 0 Å². The summed E-state index contributed by atoms with van der Waals surface area (Å²) in [5.41, 5.74) is -1.38. The number of nitrogens with zero attached hydrogens (tertiary/aromatic N) is 2. The number of hydrogen-bond acceptors (Lipinski definition) is 4. The lowest BCUT2D eigenvalue weighted by atomic mass is 10.1. The smallest absolute Gasteiger partial charge is 0.300 e. The SMILES string of the molecule is CC1(O)CCN(C(=O)c2cccc(Cl)c2[N+](=O)[O-])C1. The van der Waals surface area contributed by atoms with E-state index in [9.17, 15) is 20.0 Å². The van der Waals surface area contributed by atoms with Crippen molar-refractivity contribution in [3.05, 3.63) is 38.9 Å². The largest absolute Gasteiger partial charge is 0.388 e. The van der Waals surface area contributed by atoms with Gasteiger partial charge in [-0.3, -0.25) is 14.9 Å². The third-order valence-electron chi connectivity index (χ3n) is 3.14. The molecule has 0 spiro atoms. The first-order chi connectivity index (χ1) is 8.82. The number of benzene rings is 1. The number of nitro benzene ring substituents is 1. The quantitative estimate of drug-likeness (QED) is 0.663. The molecule has 1 fully saturated rings. The summed E-state index contributed by atoms with van der Waals surface area (Å²) in [6.45, 7) is 2.16. The average molecular weight is 285 g/mol. The van der Waals surface area contributed by atoms with E-state index in [1.807, 2.05) is 0 Å². The number of carbonyl (C=O) groups excluding carboxylic acids is 1. The van der Waals surface area contributed by atoms with Gasteiger partial charge in [-0.2, -0.15) is 0 Å². The highest BCUT2D eigenvalue weighted by atomic mass is 35.5. The molecule has 1 unspecified atom stereocenters. The standard InChI is InChI=1S/C12H13ClN2O4/c1-12(17)5-6-14(7-12)11(16)8-3-2-4-9(13)10(8)15(18)19/h2-4,17H,5-7H2,1H3. The number of amides is 1. The van der Waals surface area contributed by atoms with Crippen LogP contribution in [0.15, 0.2) is 18.2 Å². The van der Waals surface area contributed by atoms with Crippen molar-refractivity contribution in [2.24, 2.45) is 0 Å². The van der Waals surface area contributed by atoms with E-state index in [1.54, 1.807) is 6.92 Å². The van der Waals surface area contributed by atoms with Crippen molar-refractivity contribution in [1.82, 2.24) is 4.90 Å². The van der Waals surface area contributed by atoms with Crippen LogP contribution in [0.1, 0.15) is 23.7 Å². The molecule has 1 aliphatic rings. The Morgan fingerprint density at radius 1 is 1.58 bits per heavy atom. The Hall–Kier alpha value is -1.66. The van der Waals surface area contributed by atoms with Gasteiger partial charge in [0.05, 0.1) is 10.5 Å². The molecule has 19 heavy (non-hydrogen) atoms. The lowest BCUT2D eigenvalue weighted by Crippen LogP contribution is -2.34. The van der Waals surface area contributed by atoms with Crippen LogP contribution in [-0.2, 0) is 0 Å². The van der Waals surface area contributed by atoms with Gasteiger partial charge in [0.15, 0.2) is 0 Å². The van der Waals surface area contributed by atoms with E-state index in [2.05, 4.69) is 0 Å². The first-order valence-corrected chi connectivity index (χ1v) is 6.14. The zero-order valence-corrected chi connectivity index (χ0v) is 11.1. The van der Waals surface area contributed by atoms with Crippen LogP contribution in [0, 0.1) is 10.1 Å². The van der Waals surface area contributed by atoms with E-state index in [0.29, 0.717) is 13.0 Å². The van der Waals surface area contributed by atoms with Gasteiger partial charge >= 0.3 is 5.69 Å². The molecule has 1 aliphatic heterocycles. The van der Waals surface area contributed by atoms with Crippen molar-refractivity contribution in [3.63, 3.8) is 0 Å². The first-order valence-electron chi connectivity index (χ1n) is 5.76. The Labute approximate surface area is 114 Å². The van der Waals surface area contributed by atoms with Crippen LogP contribution in [0.3, 0.4) is 0 Å². The lowest BCUT2D eigenvalue weighted by Gasteiger charge is -2.19. The molecule has 1 aromatic rings. The third-order valence-corrected chi connectivity index (χ3v) is 3.44. The Balaban J connectivity index is 2.35. The summed E-state index contributed by atoms with van der Waals surface area (Å²) < 4.78 is 0. The molecular weight excluding hydrogens is 272 g/mol. The molecule has 7 heteroatoms. The van der Waals surface area contributed by atoms with Gasteiger partial charge < -0.3 is 10.0 Å². The fourth-order valence-electron chi connectivity index (χ4n) is 2.16. The fourth-order valence-corrected chi connectivity index (χ4v) is 2.41. The second kappa shape index (κ2) is 4.79. The summed E-state index contributed by atoms with van der Waals surface area (Å²) in [5, 5.41) is 20.8. The Bertz CT molecular complexity index is 545. The van der Waals surface area contributed by atoms with E-state index in [1.165, 1.54) is 23.1 Å². The maximum absolute atomic E-state index is 12.3. The monoisotopic (exact) mass is 284 g/mol. The number of likely N-dealkylation sites (tertiary alicyclic amines) is 1. The molecule has 1 amide bonds. The first kappa shape index (κ1) is 13.8. The highest BCUT2D eigenvalue weighted by Gasteiger charge is 2.36. The maximum Gasteiger partial charge on any atom is 0.300 e. The zero-order valence-electron chi connectivity index (χ0n) is 10.3. The van der Waals surface area contributed by atoms with Crippen molar-refractivity contribution in [2.45, 2.75) is 18.9 Å². The van der Waals surface area contributed by atoms with Gasteiger partial charge in [-0.1, -0.05) is 17.7 Å². The summed E-state index contributed by atoms with van der Waals surface area (Å²) in [5.74, 6) is -0.480. The second-order valence-electron chi connectivity index (χ2n) is 4.87. The van der Waals surface area contributed by atoms with E-state index in [4.69, 9.17) is 11.6 Å². The van der Waals surface area contributed by atoms with Crippen LogP contribution < -0.4 is 0 Å². The molecule has 2 rings (SSSR count). The van der Waals surface area contributed by atoms with Crippen LogP contribution in [-0.4, -0.2) is 39.5 Å². The van der Waals surface area contributed by atoms with Crippen LogP contribution in [0.5, 0.6) is 0 Å². The Kier molecular flexibility index (Phi) is 3.47. The fraction of sp³-hybridized carbons (Fsp3) is 0.417. The highest BCUT2D eigenvalue weighted by Crippen LogP contribution is 2.31. The molecular formula is C12H13ClN2O4. The van der Waals surface area contributed by atoms with Crippen molar-refractivity contribution in [1.29, 1.82) is 0 Å². The van der Waals surface area contributed by atoms with Crippen molar-refractivity contribution in [3.8, 4) is 0 Å². The number of rotatable bonds is 2. The number of nitro groups is 1. The van der Waals surface area contributed by atoms with E-state index < -0.39 is 16.4 Å². The second-order valence-corrected chi connectivity index (χ2v) is 5.27. The van der Waals surface area contributed by atoms with Gasteiger partial charge in [0, 0.05) is 13.1 Å². The molecule has 1 saturated heterocycles. The number of halogens is 1. The average Bonchev–Trinajstić information content (AvgIpc) is 2.68. The number of para-hydroxylation sites is 1. The van der Waals surface area contributed by atoms with Crippen molar-refractivity contribution < 1.29 is 14.8 Å². The molecule has 6 nitrogen and oxygen atoms in total. The van der Waals surface area contributed by atoms with Crippen molar-refractivity contribution >= 4 is 23.2 Å². The summed E-state index contributed by atoms with van der Waals surface area (Å²) in [6.07, 6.45) is 0.451. The summed E-state index contributed by atoms with van der Waals surface area (Å²) >= 11 is 5.77. The van der Waals surface area contributed by atoms with Gasteiger partial charge in [0.25, 0.3) is 5.91 Å². The number of hydrogen-bond donors (Lipinski definition) is 1.